The van der Waals surface area contributed by atoms with Crippen molar-refractivity contribution < 1.29 is 9.18 Å². The summed E-state index contributed by atoms with van der Waals surface area (Å²) in [4.78, 5) is 11.2. The quantitative estimate of drug-likeness (QED) is 0.758. The summed E-state index contributed by atoms with van der Waals surface area (Å²) < 4.78 is 14.9. The lowest BCUT2D eigenvalue weighted by Crippen LogP contribution is -2.12. The molecule has 1 aromatic heterocycles. The lowest BCUT2D eigenvalue weighted by molar-refractivity contribution is 0.100. The van der Waals surface area contributed by atoms with Crippen molar-refractivity contribution in [2.24, 2.45) is 12.8 Å². The highest BCUT2D eigenvalue weighted by Gasteiger charge is 2.16. The fourth-order valence-electron chi connectivity index (χ4n) is 1.86. The van der Waals surface area contributed by atoms with Gasteiger partial charge in [-0.1, -0.05) is 0 Å². The smallest absolute Gasteiger partial charge is 0.251 e. The van der Waals surface area contributed by atoms with Gasteiger partial charge in [0.05, 0.1) is 5.56 Å². The zero-order chi connectivity index (χ0) is 11.2. The number of carbonyl (C=O) groups excluding carboxylic acids is 1. The highest BCUT2D eigenvalue weighted by molar-refractivity contribution is 6.07. The van der Waals surface area contributed by atoms with Crippen LogP contribution in [-0.4, -0.2) is 10.5 Å². The SMILES string of the molecule is Cc1c(C(N)=O)c2cc(F)ccc2n1C. The van der Waals surface area contributed by atoms with E-state index in [1.807, 2.05) is 11.6 Å². The highest BCUT2D eigenvalue weighted by atomic mass is 19.1. The van der Waals surface area contributed by atoms with Crippen LogP contribution in [0.3, 0.4) is 0 Å². The van der Waals surface area contributed by atoms with E-state index in [0.29, 0.717) is 10.9 Å². The first-order chi connectivity index (χ1) is 7.02. The first-order valence-corrected chi connectivity index (χ1v) is 4.56. The number of halogens is 1. The lowest BCUT2D eigenvalue weighted by Gasteiger charge is -1.97. The van der Waals surface area contributed by atoms with E-state index in [1.165, 1.54) is 12.1 Å². The zero-order valence-electron chi connectivity index (χ0n) is 8.54. The number of fused-ring (bicyclic) bond motifs is 1. The van der Waals surface area contributed by atoms with Crippen molar-refractivity contribution in [3.8, 4) is 0 Å². The molecule has 0 spiro atoms. The Morgan fingerprint density at radius 3 is 2.73 bits per heavy atom. The number of benzene rings is 1. The molecule has 0 bridgehead atoms. The Hall–Kier alpha value is -1.84. The molecule has 0 aliphatic heterocycles. The Balaban J connectivity index is 2.95. The Morgan fingerprint density at radius 2 is 2.13 bits per heavy atom. The number of primary amides is 1. The van der Waals surface area contributed by atoms with Crippen molar-refractivity contribution in [1.82, 2.24) is 4.57 Å². The maximum absolute atomic E-state index is 13.1. The number of hydrogen-bond donors (Lipinski definition) is 1. The largest absolute Gasteiger partial charge is 0.366 e. The number of hydrogen-bond acceptors (Lipinski definition) is 1. The average molecular weight is 206 g/mol. The second kappa shape index (κ2) is 3.08. The topological polar surface area (TPSA) is 48.0 Å². The second-order valence-electron chi connectivity index (χ2n) is 3.55. The zero-order valence-corrected chi connectivity index (χ0v) is 8.54. The molecule has 2 N–H and O–H groups in total. The molecule has 0 aliphatic rings. The molecule has 78 valence electrons. The van der Waals surface area contributed by atoms with Gasteiger partial charge < -0.3 is 10.3 Å². The maximum Gasteiger partial charge on any atom is 0.251 e. The van der Waals surface area contributed by atoms with Crippen molar-refractivity contribution in [2.75, 3.05) is 0 Å². The number of nitrogens with zero attached hydrogens (tertiary/aromatic N) is 1. The second-order valence-corrected chi connectivity index (χ2v) is 3.55. The predicted molar refractivity (Wildman–Crippen MR) is 56.1 cm³/mol. The van der Waals surface area contributed by atoms with Crippen LogP contribution in [0.4, 0.5) is 4.39 Å². The van der Waals surface area contributed by atoms with Gasteiger partial charge in [-0.25, -0.2) is 4.39 Å². The third kappa shape index (κ3) is 1.29. The van der Waals surface area contributed by atoms with Crippen LogP contribution >= 0.6 is 0 Å². The predicted octanol–water partition coefficient (Wildman–Crippen LogP) is 1.72. The number of aryl methyl sites for hydroxylation is 1. The van der Waals surface area contributed by atoms with Crippen LogP contribution in [0.25, 0.3) is 10.9 Å². The monoisotopic (exact) mass is 206 g/mol. The molecule has 1 heterocycles. The Morgan fingerprint density at radius 1 is 1.47 bits per heavy atom. The molecule has 15 heavy (non-hydrogen) atoms. The average Bonchev–Trinajstić information content (AvgIpc) is 2.39. The molecule has 0 saturated carbocycles. The van der Waals surface area contributed by atoms with Crippen LogP contribution in [0.5, 0.6) is 0 Å². The summed E-state index contributed by atoms with van der Waals surface area (Å²) in [5, 5.41) is 0.572. The molecule has 0 aliphatic carbocycles. The van der Waals surface area contributed by atoms with Gasteiger partial charge in [-0.15, -0.1) is 0 Å². The Kier molecular flexibility index (Phi) is 2.00. The lowest BCUT2D eigenvalue weighted by atomic mass is 10.1. The summed E-state index contributed by atoms with van der Waals surface area (Å²) in [6.07, 6.45) is 0. The third-order valence-electron chi connectivity index (χ3n) is 2.70. The van der Waals surface area contributed by atoms with Crippen LogP contribution in [0, 0.1) is 12.7 Å². The van der Waals surface area contributed by atoms with E-state index in [2.05, 4.69) is 0 Å². The number of rotatable bonds is 1. The number of amides is 1. The fraction of sp³-hybridized carbons (Fsp3) is 0.182. The van der Waals surface area contributed by atoms with Crippen molar-refractivity contribution in [3.05, 3.63) is 35.3 Å². The van der Waals surface area contributed by atoms with Gasteiger partial charge in [0.1, 0.15) is 5.82 Å². The van der Waals surface area contributed by atoms with Crippen LogP contribution in [-0.2, 0) is 7.05 Å². The number of carbonyl (C=O) groups is 1. The summed E-state index contributed by atoms with van der Waals surface area (Å²) in [5.74, 6) is -0.890. The van der Waals surface area contributed by atoms with E-state index in [-0.39, 0.29) is 5.82 Å². The van der Waals surface area contributed by atoms with Gasteiger partial charge in [0.2, 0.25) is 0 Å². The molecule has 0 fully saturated rings. The molecule has 0 radical (unpaired) electrons. The van der Waals surface area contributed by atoms with Gasteiger partial charge in [0, 0.05) is 23.6 Å². The molecule has 2 rings (SSSR count). The molecule has 0 unspecified atom stereocenters. The number of aromatic nitrogens is 1. The third-order valence-corrected chi connectivity index (χ3v) is 2.70. The first kappa shape index (κ1) is 9.71. The molecule has 3 nitrogen and oxygen atoms in total. The summed E-state index contributed by atoms with van der Waals surface area (Å²) >= 11 is 0. The molecule has 0 atom stereocenters. The minimum Gasteiger partial charge on any atom is -0.366 e. The van der Waals surface area contributed by atoms with E-state index in [9.17, 15) is 9.18 Å². The van der Waals surface area contributed by atoms with Gasteiger partial charge in [0.15, 0.2) is 0 Å². The van der Waals surface area contributed by atoms with Gasteiger partial charge in [0.25, 0.3) is 5.91 Å². The van der Waals surface area contributed by atoms with Crippen molar-refractivity contribution in [2.45, 2.75) is 6.92 Å². The summed E-state index contributed by atoms with van der Waals surface area (Å²) in [6.45, 7) is 1.79. The van der Waals surface area contributed by atoms with Crippen LogP contribution in [0.1, 0.15) is 16.1 Å². The minimum absolute atomic E-state index is 0.365. The highest BCUT2D eigenvalue weighted by Crippen LogP contribution is 2.25. The summed E-state index contributed by atoms with van der Waals surface area (Å²) in [5.41, 5.74) is 7.23. The number of nitrogens with two attached hydrogens (primary N) is 1. The molecular weight excluding hydrogens is 195 g/mol. The van der Waals surface area contributed by atoms with Crippen molar-refractivity contribution in [1.29, 1.82) is 0 Å². The van der Waals surface area contributed by atoms with Crippen LogP contribution in [0.2, 0.25) is 0 Å². The molecule has 1 amide bonds. The minimum atomic E-state index is -0.524. The summed E-state index contributed by atoms with van der Waals surface area (Å²) in [6, 6.07) is 4.35. The van der Waals surface area contributed by atoms with Crippen molar-refractivity contribution in [3.63, 3.8) is 0 Å². The molecule has 0 saturated heterocycles. The van der Waals surface area contributed by atoms with Gasteiger partial charge in [-0.3, -0.25) is 4.79 Å². The van der Waals surface area contributed by atoms with E-state index >= 15 is 0 Å². The van der Waals surface area contributed by atoms with E-state index in [0.717, 1.165) is 11.2 Å². The van der Waals surface area contributed by atoms with E-state index in [1.54, 1.807) is 13.0 Å². The fourth-order valence-corrected chi connectivity index (χ4v) is 1.86. The van der Waals surface area contributed by atoms with Gasteiger partial charge in [-0.2, -0.15) is 0 Å². The molecule has 1 aromatic carbocycles. The van der Waals surface area contributed by atoms with E-state index in [4.69, 9.17) is 5.73 Å². The molecule has 4 heteroatoms. The van der Waals surface area contributed by atoms with Crippen LogP contribution in [0.15, 0.2) is 18.2 Å². The normalized spacial score (nSPS) is 10.9. The Bertz CT molecular complexity index is 557. The molecular formula is C11H11FN2O. The van der Waals surface area contributed by atoms with Crippen LogP contribution < -0.4 is 5.73 Å². The van der Waals surface area contributed by atoms with Gasteiger partial charge in [-0.05, 0) is 25.1 Å². The van der Waals surface area contributed by atoms with Crippen molar-refractivity contribution >= 4 is 16.8 Å². The molecule has 2 aromatic rings. The maximum atomic E-state index is 13.1. The van der Waals surface area contributed by atoms with Gasteiger partial charge >= 0.3 is 0 Å². The first-order valence-electron chi connectivity index (χ1n) is 4.56. The Labute approximate surface area is 86.3 Å². The standard InChI is InChI=1S/C11H11FN2O/c1-6-10(11(13)15)8-5-7(12)3-4-9(8)14(6)2/h3-5H,1-2H3,(H2,13,15). The van der Waals surface area contributed by atoms with E-state index < -0.39 is 5.91 Å². The summed E-state index contributed by atoms with van der Waals surface area (Å²) in [7, 11) is 1.82.